The molecule has 6 rings (SSSR count). The Morgan fingerprint density at radius 1 is 1.14 bits per heavy atom. The number of hydrogen-bond acceptors (Lipinski definition) is 6. The molecule has 4 bridgehead atoms. The zero-order chi connectivity index (χ0) is 19.8. The van der Waals surface area contributed by atoms with Gasteiger partial charge in [-0.1, -0.05) is 6.07 Å². The molecule has 1 heterocycles. The van der Waals surface area contributed by atoms with Crippen LogP contribution in [-0.2, 0) is 4.79 Å². The number of amides is 3. The van der Waals surface area contributed by atoms with Crippen LogP contribution in [0, 0.1) is 17.8 Å². The Morgan fingerprint density at radius 2 is 1.86 bits per heavy atom. The molecule has 0 radical (unpaired) electrons. The number of imide groups is 1. The molecule has 152 valence electrons. The minimum absolute atomic E-state index is 0.125. The van der Waals surface area contributed by atoms with Crippen LogP contribution >= 0.6 is 0 Å². The molecule has 4 saturated carbocycles. The number of benzene rings is 1. The smallest absolute Gasteiger partial charge is 0.321 e. The maximum Gasteiger partial charge on any atom is 0.321 e. The molecule has 0 unspecified atom stereocenters. The first-order chi connectivity index (χ1) is 14.1. The molecule has 0 saturated heterocycles. The summed E-state index contributed by atoms with van der Waals surface area (Å²) in [6.45, 7) is -0.243. The van der Waals surface area contributed by atoms with Crippen LogP contribution in [0.2, 0.25) is 0 Å². The van der Waals surface area contributed by atoms with Gasteiger partial charge in [0.05, 0.1) is 5.69 Å². The first-order valence-corrected chi connectivity index (χ1v) is 10.2. The monoisotopic (exact) mass is 396 g/mol. The molecule has 29 heavy (non-hydrogen) atoms. The minimum atomic E-state index is -0.472. The van der Waals surface area contributed by atoms with E-state index in [2.05, 4.69) is 26.2 Å². The number of tetrazole rings is 1. The van der Waals surface area contributed by atoms with Crippen molar-refractivity contribution in [2.75, 3.05) is 6.61 Å². The van der Waals surface area contributed by atoms with Crippen LogP contribution in [0.5, 0.6) is 5.75 Å². The number of nitrogens with zero attached hydrogens (tertiary/aromatic N) is 4. The fourth-order valence-corrected chi connectivity index (χ4v) is 5.84. The molecule has 2 aromatic rings. The normalized spacial score (nSPS) is 29.4. The summed E-state index contributed by atoms with van der Waals surface area (Å²) in [5, 5.41) is 16.6. The highest BCUT2D eigenvalue weighted by Crippen LogP contribution is 2.55. The standard InChI is InChI=1S/C20H24N6O3/c27-18(11-29-17-3-1-2-16(7-17)26-12-21-24-25-26)22-19(28)23-20-8-13-4-14(9-20)6-15(5-13)10-20/h1-3,7,12-15H,4-6,8-11H2,(H2,22,23,27,28). The second-order valence-electron chi connectivity index (χ2n) is 8.74. The zero-order valence-corrected chi connectivity index (χ0v) is 16.1. The van der Waals surface area contributed by atoms with E-state index in [9.17, 15) is 9.59 Å². The van der Waals surface area contributed by atoms with Crippen LogP contribution in [0.15, 0.2) is 30.6 Å². The van der Waals surface area contributed by atoms with Crippen molar-refractivity contribution >= 4 is 11.9 Å². The van der Waals surface area contributed by atoms with Crippen LogP contribution < -0.4 is 15.4 Å². The van der Waals surface area contributed by atoms with Gasteiger partial charge >= 0.3 is 6.03 Å². The van der Waals surface area contributed by atoms with E-state index in [0.717, 1.165) is 37.0 Å². The molecule has 9 heteroatoms. The first kappa shape index (κ1) is 18.1. The predicted molar refractivity (Wildman–Crippen MR) is 102 cm³/mol. The molecule has 1 aromatic carbocycles. The van der Waals surface area contributed by atoms with Gasteiger partial charge in [-0.15, -0.1) is 5.10 Å². The predicted octanol–water partition coefficient (Wildman–Crippen LogP) is 1.84. The molecule has 4 aliphatic carbocycles. The third kappa shape index (κ3) is 3.81. The molecule has 0 atom stereocenters. The number of carbonyl (C=O) groups excluding carboxylic acids is 2. The molecule has 0 aliphatic heterocycles. The van der Waals surface area contributed by atoms with Gasteiger partial charge < -0.3 is 10.1 Å². The zero-order valence-electron chi connectivity index (χ0n) is 16.1. The Bertz CT molecular complexity index is 877. The third-order valence-electron chi connectivity index (χ3n) is 6.47. The average Bonchev–Trinajstić information content (AvgIpc) is 3.20. The number of rotatable bonds is 5. The van der Waals surface area contributed by atoms with E-state index < -0.39 is 11.9 Å². The summed E-state index contributed by atoms with van der Waals surface area (Å²) < 4.78 is 7.02. The van der Waals surface area contributed by atoms with Crippen molar-refractivity contribution in [2.45, 2.75) is 44.1 Å². The van der Waals surface area contributed by atoms with E-state index in [0.29, 0.717) is 11.4 Å². The summed E-state index contributed by atoms with van der Waals surface area (Å²) in [7, 11) is 0. The van der Waals surface area contributed by atoms with Crippen molar-refractivity contribution in [3.8, 4) is 11.4 Å². The Balaban J connectivity index is 1.14. The minimum Gasteiger partial charge on any atom is -0.484 e. The quantitative estimate of drug-likeness (QED) is 0.798. The van der Waals surface area contributed by atoms with Gasteiger partial charge in [0.15, 0.2) is 6.61 Å². The van der Waals surface area contributed by atoms with Crippen molar-refractivity contribution in [1.82, 2.24) is 30.8 Å². The van der Waals surface area contributed by atoms with Crippen LogP contribution in [0.25, 0.3) is 5.69 Å². The molecule has 4 fully saturated rings. The average molecular weight is 396 g/mol. The number of nitrogens with one attached hydrogen (secondary N) is 2. The lowest BCUT2D eigenvalue weighted by Gasteiger charge is -2.56. The molecule has 2 N–H and O–H groups in total. The SMILES string of the molecule is O=C(COc1cccc(-n2cnnn2)c1)NC(=O)NC12CC3CC(CC(C3)C1)C2. The molecule has 4 aliphatic rings. The van der Waals surface area contributed by atoms with E-state index in [-0.39, 0.29) is 12.1 Å². The largest absolute Gasteiger partial charge is 0.484 e. The molecule has 3 amide bonds. The van der Waals surface area contributed by atoms with Crippen LogP contribution in [-0.4, -0.2) is 44.3 Å². The van der Waals surface area contributed by atoms with E-state index in [1.807, 2.05) is 6.07 Å². The topological polar surface area (TPSA) is 111 Å². The molecule has 9 nitrogen and oxygen atoms in total. The highest BCUT2D eigenvalue weighted by atomic mass is 16.5. The van der Waals surface area contributed by atoms with Gasteiger partial charge in [0.1, 0.15) is 12.1 Å². The summed E-state index contributed by atoms with van der Waals surface area (Å²) in [4.78, 5) is 24.6. The Morgan fingerprint density at radius 3 is 2.52 bits per heavy atom. The third-order valence-corrected chi connectivity index (χ3v) is 6.47. The van der Waals surface area contributed by atoms with Crippen LogP contribution in [0.4, 0.5) is 4.79 Å². The second kappa shape index (κ2) is 7.13. The molecular formula is C20H24N6O3. The Hall–Kier alpha value is -2.97. The fraction of sp³-hybridized carbons (Fsp3) is 0.550. The maximum absolute atomic E-state index is 12.4. The van der Waals surface area contributed by atoms with Gasteiger partial charge in [0.25, 0.3) is 5.91 Å². The number of urea groups is 1. The lowest BCUT2D eigenvalue weighted by molar-refractivity contribution is -0.122. The van der Waals surface area contributed by atoms with Crippen molar-refractivity contribution in [3.63, 3.8) is 0 Å². The van der Waals surface area contributed by atoms with E-state index in [1.165, 1.54) is 30.3 Å². The van der Waals surface area contributed by atoms with E-state index in [4.69, 9.17) is 4.74 Å². The number of ether oxygens (including phenoxy) is 1. The summed E-state index contributed by atoms with van der Waals surface area (Å²) >= 11 is 0. The van der Waals surface area contributed by atoms with Gasteiger partial charge in [-0.05, 0) is 78.8 Å². The summed E-state index contributed by atoms with van der Waals surface area (Å²) in [5.41, 5.74) is 0.590. The molecular weight excluding hydrogens is 372 g/mol. The van der Waals surface area contributed by atoms with E-state index in [1.54, 1.807) is 18.2 Å². The number of aromatic nitrogens is 4. The molecule has 1 aromatic heterocycles. The Labute approximate surface area is 168 Å². The second-order valence-corrected chi connectivity index (χ2v) is 8.74. The highest BCUT2D eigenvalue weighted by molar-refractivity contribution is 5.95. The lowest BCUT2D eigenvalue weighted by atomic mass is 9.53. The van der Waals surface area contributed by atoms with Gasteiger partial charge in [-0.25, -0.2) is 9.48 Å². The van der Waals surface area contributed by atoms with Crippen molar-refractivity contribution < 1.29 is 14.3 Å². The highest BCUT2D eigenvalue weighted by Gasteiger charge is 2.51. The van der Waals surface area contributed by atoms with Crippen molar-refractivity contribution in [1.29, 1.82) is 0 Å². The summed E-state index contributed by atoms with van der Waals surface area (Å²) in [6, 6.07) is 6.64. The number of carbonyl (C=O) groups is 2. The lowest BCUT2D eigenvalue weighted by Crippen LogP contribution is -2.62. The first-order valence-electron chi connectivity index (χ1n) is 10.2. The van der Waals surface area contributed by atoms with Gasteiger partial charge in [0, 0.05) is 11.6 Å². The van der Waals surface area contributed by atoms with Crippen molar-refractivity contribution in [3.05, 3.63) is 30.6 Å². The van der Waals surface area contributed by atoms with E-state index >= 15 is 0 Å². The molecule has 0 spiro atoms. The summed E-state index contributed by atoms with van der Waals surface area (Å²) in [6.07, 6.45) is 8.51. The van der Waals surface area contributed by atoms with Crippen LogP contribution in [0.1, 0.15) is 38.5 Å². The number of hydrogen-bond donors (Lipinski definition) is 2. The maximum atomic E-state index is 12.4. The van der Waals surface area contributed by atoms with Gasteiger partial charge in [-0.2, -0.15) is 0 Å². The van der Waals surface area contributed by atoms with Crippen LogP contribution in [0.3, 0.4) is 0 Å². The fourth-order valence-electron chi connectivity index (χ4n) is 5.84. The van der Waals surface area contributed by atoms with Crippen molar-refractivity contribution in [2.24, 2.45) is 17.8 Å². The Kier molecular flexibility index (Phi) is 4.44. The van der Waals surface area contributed by atoms with Gasteiger partial charge in [0.2, 0.25) is 0 Å². The summed E-state index contributed by atoms with van der Waals surface area (Å²) in [5.74, 6) is 2.21. The van der Waals surface area contributed by atoms with Gasteiger partial charge in [-0.3, -0.25) is 10.1 Å².